The van der Waals surface area contributed by atoms with E-state index in [2.05, 4.69) is 97.1 Å². The molecular formula is C35H29ClNOP. The molecule has 6 aromatic rings. The van der Waals surface area contributed by atoms with Crippen molar-refractivity contribution >= 4 is 44.0 Å². The average molecular weight is 546 g/mol. The van der Waals surface area contributed by atoms with Crippen LogP contribution in [-0.4, -0.2) is 4.98 Å². The molecule has 0 unspecified atom stereocenters. The number of halogens is 1. The molecule has 192 valence electrons. The molecule has 39 heavy (non-hydrogen) atoms. The number of para-hydroxylation sites is 1. The van der Waals surface area contributed by atoms with Crippen molar-refractivity contribution in [1.29, 1.82) is 0 Å². The van der Waals surface area contributed by atoms with E-state index in [1.54, 1.807) is 0 Å². The first-order valence-corrected chi connectivity index (χ1v) is 16.4. The SMILES string of the molecule is ClP(Cc1ccc(OCc2ccc3ccccc3n2)cc1)(c1ccccc1)(c1ccccc1)c1ccccc1. The summed E-state index contributed by atoms with van der Waals surface area (Å²) in [5.74, 6) is -2.57. The maximum absolute atomic E-state index is 8.23. The van der Waals surface area contributed by atoms with Gasteiger partial charge in [-0.1, -0.05) is 6.07 Å². The first-order chi connectivity index (χ1) is 19.1. The number of pyridine rings is 1. The van der Waals surface area contributed by atoms with Crippen LogP contribution < -0.4 is 20.7 Å². The van der Waals surface area contributed by atoms with Gasteiger partial charge in [-0.2, -0.15) is 0 Å². The number of ether oxygens (including phenoxy) is 1. The summed E-state index contributed by atoms with van der Waals surface area (Å²) in [6.45, 7) is 0.414. The van der Waals surface area contributed by atoms with Crippen molar-refractivity contribution in [3.8, 4) is 5.75 Å². The maximum atomic E-state index is 8.23. The van der Waals surface area contributed by atoms with Crippen molar-refractivity contribution in [3.63, 3.8) is 0 Å². The molecule has 0 atom stereocenters. The van der Waals surface area contributed by atoms with Gasteiger partial charge in [-0.15, -0.1) is 0 Å². The van der Waals surface area contributed by atoms with E-state index in [1.165, 1.54) is 0 Å². The van der Waals surface area contributed by atoms with Crippen molar-refractivity contribution in [2.45, 2.75) is 12.8 Å². The first-order valence-electron chi connectivity index (χ1n) is 13.1. The number of hydrogen-bond donors (Lipinski definition) is 0. The van der Waals surface area contributed by atoms with Crippen LogP contribution in [0.3, 0.4) is 0 Å². The summed E-state index contributed by atoms with van der Waals surface area (Å²) >= 11 is 8.23. The van der Waals surface area contributed by atoms with Gasteiger partial charge in [0.2, 0.25) is 0 Å². The van der Waals surface area contributed by atoms with E-state index >= 15 is 0 Å². The second kappa shape index (κ2) is 10.7. The van der Waals surface area contributed by atoms with Crippen LogP contribution in [0.1, 0.15) is 11.3 Å². The van der Waals surface area contributed by atoms with E-state index in [0.29, 0.717) is 12.8 Å². The summed E-state index contributed by atoms with van der Waals surface area (Å²) in [4.78, 5) is 4.73. The van der Waals surface area contributed by atoms with Gasteiger partial charge in [0.1, 0.15) is 0 Å². The fourth-order valence-electron chi connectivity index (χ4n) is 5.32. The van der Waals surface area contributed by atoms with Crippen LogP contribution in [0.2, 0.25) is 0 Å². The Kier molecular flexibility index (Phi) is 6.92. The average Bonchev–Trinajstić information content (AvgIpc) is 3.02. The van der Waals surface area contributed by atoms with Gasteiger partial charge in [-0.3, -0.25) is 0 Å². The van der Waals surface area contributed by atoms with Gasteiger partial charge in [0.25, 0.3) is 0 Å². The molecule has 0 aliphatic rings. The number of fused-ring (bicyclic) bond motifs is 1. The van der Waals surface area contributed by atoms with Gasteiger partial charge in [-0.05, 0) is 0 Å². The Morgan fingerprint density at radius 3 is 1.62 bits per heavy atom. The molecule has 1 aromatic heterocycles. The summed E-state index contributed by atoms with van der Waals surface area (Å²) in [6, 6.07) is 52.3. The standard InChI is InChI=1S/C35H29ClNOP/c36-39(32-13-4-1-5-14-32,33-15-6-2-7-16-33,34-17-8-3-9-18-34)27-28-20-24-31(25-21-28)38-26-30-23-22-29-12-10-11-19-35(29)37-30/h1-25H,26-27H2. The molecule has 0 fully saturated rings. The Bertz CT molecular complexity index is 1590. The minimum absolute atomic E-state index is 0.414. The number of nitrogens with zero attached hydrogens (tertiary/aromatic N) is 1. The summed E-state index contributed by atoms with van der Waals surface area (Å²) in [6.07, 6.45) is 0.692. The molecule has 6 rings (SSSR count). The van der Waals surface area contributed by atoms with Gasteiger partial charge >= 0.3 is 229 Å². The van der Waals surface area contributed by atoms with Crippen molar-refractivity contribution < 1.29 is 4.74 Å². The monoisotopic (exact) mass is 545 g/mol. The van der Waals surface area contributed by atoms with E-state index < -0.39 is 5.96 Å². The molecule has 0 saturated carbocycles. The normalized spacial score (nSPS) is 12.5. The second-order valence-electron chi connectivity index (χ2n) is 9.78. The number of aromatic nitrogens is 1. The molecule has 0 radical (unpaired) electrons. The van der Waals surface area contributed by atoms with Crippen LogP contribution in [0.25, 0.3) is 10.9 Å². The molecule has 0 saturated heterocycles. The fraction of sp³-hybridized carbons (Fsp3) is 0.0571. The van der Waals surface area contributed by atoms with E-state index in [-0.39, 0.29) is 0 Å². The third-order valence-corrected chi connectivity index (χ3v) is 14.5. The summed E-state index contributed by atoms with van der Waals surface area (Å²) in [5, 5.41) is 4.60. The Hall–Kier alpha value is -3.97. The third kappa shape index (κ3) is 4.83. The van der Waals surface area contributed by atoms with E-state index in [4.69, 9.17) is 21.0 Å². The molecule has 5 aromatic carbocycles. The van der Waals surface area contributed by atoms with Crippen LogP contribution in [0.15, 0.2) is 152 Å². The minimum atomic E-state index is -3.38. The number of rotatable bonds is 8. The summed E-state index contributed by atoms with van der Waals surface area (Å²) in [7, 11) is 0. The van der Waals surface area contributed by atoms with Gasteiger partial charge in [-0.25, -0.2) is 0 Å². The topological polar surface area (TPSA) is 22.1 Å². The van der Waals surface area contributed by atoms with Crippen LogP contribution in [0.5, 0.6) is 5.75 Å². The second-order valence-corrected chi connectivity index (χ2v) is 16.2. The van der Waals surface area contributed by atoms with Gasteiger partial charge in [0, 0.05) is 0 Å². The molecule has 4 heteroatoms. The van der Waals surface area contributed by atoms with Crippen LogP contribution in [0, 0.1) is 0 Å². The molecule has 0 amide bonds. The van der Waals surface area contributed by atoms with E-state index in [9.17, 15) is 0 Å². The van der Waals surface area contributed by atoms with Crippen molar-refractivity contribution in [1.82, 2.24) is 4.98 Å². The van der Waals surface area contributed by atoms with E-state index in [1.807, 2.05) is 54.6 Å². The van der Waals surface area contributed by atoms with Crippen LogP contribution >= 0.6 is 17.2 Å². The van der Waals surface area contributed by atoms with Gasteiger partial charge in [0.05, 0.1) is 0 Å². The van der Waals surface area contributed by atoms with Crippen molar-refractivity contribution in [2.75, 3.05) is 0 Å². The molecule has 0 aliphatic carbocycles. The molecule has 0 spiro atoms. The zero-order valence-corrected chi connectivity index (χ0v) is 23.2. The van der Waals surface area contributed by atoms with Crippen molar-refractivity contribution in [3.05, 3.63) is 163 Å². The molecular weight excluding hydrogens is 517 g/mol. The Labute approximate surface area is 234 Å². The molecule has 2 nitrogen and oxygen atoms in total. The predicted molar refractivity (Wildman–Crippen MR) is 167 cm³/mol. The van der Waals surface area contributed by atoms with Crippen LogP contribution in [0.4, 0.5) is 0 Å². The summed E-state index contributed by atoms with van der Waals surface area (Å²) < 4.78 is 6.12. The van der Waals surface area contributed by atoms with Gasteiger partial charge in [0.15, 0.2) is 0 Å². The zero-order valence-electron chi connectivity index (χ0n) is 21.5. The van der Waals surface area contributed by atoms with Crippen molar-refractivity contribution in [2.24, 2.45) is 0 Å². The molecule has 1 heterocycles. The summed E-state index contributed by atoms with van der Waals surface area (Å²) in [5.41, 5.74) is 3.04. The number of hydrogen-bond acceptors (Lipinski definition) is 2. The van der Waals surface area contributed by atoms with Crippen LogP contribution in [-0.2, 0) is 12.8 Å². The first kappa shape index (κ1) is 25.3. The Morgan fingerprint density at radius 1 is 0.538 bits per heavy atom. The number of benzene rings is 5. The zero-order chi connectivity index (χ0) is 26.6. The van der Waals surface area contributed by atoms with E-state index in [0.717, 1.165) is 43.8 Å². The molecule has 0 aliphatic heterocycles. The fourth-order valence-corrected chi connectivity index (χ4v) is 11.5. The third-order valence-electron chi connectivity index (χ3n) is 7.33. The van der Waals surface area contributed by atoms with Gasteiger partial charge < -0.3 is 0 Å². The predicted octanol–water partition coefficient (Wildman–Crippen LogP) is 8.00. The molecule has 0 N–H and O–H groups in total. The quantitative estimate of drug-likeness (QED) is 0.181. The Balaban J connectivity index is 1.34. The Morgan fingerprint density at radius 2 is 1.05 bits per heavy atom. The molecule has 0 bridgehead atoms.